The molecule has 1 aromatic rings. The number of benzene rings is 1. The average molecular weight is 303 g/mol. The summed E-state index contributed by atoms with van der Waals surface area (Å²) in [5.41, 5.74) is 0.552. The van der Waals surface area contributed by atoms with E-state index in [1.807, 2.05) is 6.26 Å². The van der Waals surface area contributed by atoms with Gasteiger partial charge in [0.15, 0.2) is 0 Å². The van der Waals surface area contributed by atoms with Gasteiger partial charge in [0.1, 0.15) is 6.04 Å². The molecule has 104 valence electrons. The van der Waals surface area contributed by atoms with E-state index in [9.17, 15) is 9.59 Å². The molecule has 1 aromatic carbocycles. The summed E-state index contributed by atoms with van der Waals surface area (Å²) < 4.78 is 0. The second kappa shape index (κ2) is 7.91. The second-order valence-electron chi connectivity index (χ2n) is 3.78. The molecule has 0 aromatic heterocycles. The quantitative estimate of drug-likeness (QED) is 0.755. The lowest BCUT2D eigenvalue weighted by atomic mass is 10.2. The van der Waals surface area contributed by atoms with Crippen LogP contribution in [-0.2, 0) is 4.79 Å². The molecule has 0 aliphatic carbocycles. The highest BCUT2D eigenvalue weighted by Gasteiger charge is 2.19. The van der Waals surface area contributed by atoms with Crippen molar-refractivity contribution in [3.63, 3.8) is 0 Å². The lowest BCUT2D eigenvalue weighted by Gasteiger charge is -2.14. The zero-order valence-corrected chi connectivity index (χ0v) is 11.9. The van der Waals surface area contributed by atoms with Crippen molar-refractivity contribution in [2.75, 3.05) is 17.3 Å². The first-order valence-electron chi connectivity index (χ1n) is 5.57. The Morgan fingerprint density at radius 3 is 2.53 bits per heavy atom. The maximum Gasteiger partial charge on any atom is 0.326 e. The molecule has 7 heteroatoms. The van der Waals surface area contributed by atoms with Crippen LogP contribution >= 0.6 is 23.4 Å². The lowest BCUT2D eigenvalue weighted by molar-refractivity contribution is -0.139. The first-order chi connectivity index (χ1) is 9.02. The van der Waals surface area contributed by atoms with E-state index < -0.39 is 18.0 Å². The van der Waals surface area contributed by atoms with Crippen molar-refractivity contribution in [3.05, 3.63) is 29.3 Å². The van der Waals surface area contributed by atoms with Gasteiger partial charge in [-0.05, 0) is 42.7 Å². The SMILES string of the molecule is CSCC[C@@H](NC(=O)Nc1ccc(Cl)cc1)C(=O)O. The first-order valence-corrected chi connectivity index (χ1v) is 7.35. The molecule has 0 unspecified atom stereocenters. The summed E-state index contributed by atoms with van der Waals surface area (Å²) in [5.74, 6) is -0.377. The van der Waals surface area contributed by atoms with Crippen molar-refractivity contribution < 1.29 is 14.7 Å². The van der Waals surface area contributed by atoms with Gasteiger partial charge in [0, 0.05) is 10.7 Å². The number of urea groups is 1. The summed E-state index contributed by atoms with van der Waals surface area (Å²) in [6.45, 7) is 0. The minimum absolute atomic E-state index is 0.380. The Labute approximate surface area is 120 Å². The summed E-state index contributed by atoms with van der Waals surface area (Å²) in [6.07, 6.45) is 2.26. The van der Waals surface area contributed by atoms with E-state index in [2.05, 4.69) is 10.6 Å². The number of anilines is 1. The van der Waals surface area contributed by atoms with Gasteiger partial charge in [-0.3, -0.25) is 0 Å². The summed E-state index contributed by atoms with van der Waals surface area (Å²) >= 11 is 7.25. The Bertz CT molecular complexity index is 439. The number of carboxylic acids is 1. The fourth-order valence-corrected chi connectivity index (χ4v) is 1.95. The fourth-order valence-electron chi connectivity index (χ4n) is 1.35. The molecule has 0 aliphatic rings. The van der Waals surface area contributed by atoms with Crippen molar-refractivity contribution in [2.24, 2.45) is 0 Å². The first kappa shape index (κ1) is 15.7. The van der Waals surface area contributed by atoms with Crippen LogP contribution < -0.4 is 10.6 Å². The van der Waals surface area contributed by atoms with Crippen molar-refractivity contribution >= 4 is 41.1 Å². The predicted molar refractivity (Wildman–Crippen MR) is 78.0 cm³/mol. The molecule has 0 bridgehead atoms. The molecule has 0 heterocycles. The lowest BCUT2D eigenvalue weighted by Crippen LogP contribution is -2.43. The largest absolute Gasteiger partial charge is 0.480 e. The highest BCUT2D eigenvalue weighted by Crippen LogP contribution is 2.13. The molecule has 0 aliphatic heterocycles. The predicted octanol–water partition coefficient (Wildman–Crippen LogP) is 2.67. The zero-order chi connectivity index (χ0) is 14.3. The molecule has 1 atom stereocenters. The van der Waals surface area contributed by atoms with Crippen molar-refractivity contribution in [1.82, 2.24) is 5.32 Å². The average Bonchev–Trinajstić information content (AvgIpc) is 2.37. The van der Waals surface area contributed by atoms with E-state index in [1.165, 1.54) is 11.8 Å². The normalized spacial score (nSPS) is 11.7. The third-order valence-corrected chi connectivity index (χ3v) is 3.21. The molecule has 5 nitrogen and oxygen atoms in total. The Morgan fingerprint density at radius 2 is 2.00 bits per heavy atom. The number of thioether (sulfide) groups is 1. The summed E-state index contributed by atoms with van der Waals surface area (Å²) in [6, 6.07) is 5.12. The van der Waals surface area contributed by atoms with E-state index >= 15 is 0 Å². The molecule has 19 heavy (non-hydrogen) atoms. The third-order valence-electron chi connectivity index (χ3n) is 2.32. The maximum absolute atomic E-state index is 11.7. The monoisotopic (exact) mass is 302 g/mol. The molecule has 0 saturated heterocycles. The fraction of sp³-hybridized carbons (Fsp3) is 0.333. The van der Waals surface area contributed by atoms with Gasteiger partial charge in [-0.25, -0.2) is 9.59 Å². The molecule has 1 rings (SSSR count). The van der Waals surface area contributed by atoms with Gasteiger partial charge in [-0.1, -0.05) is 11.6 Å². The van der Waals surface area contributed by atoms with E-state index in [-0.39, 0.29) is 0 Å². The minimum Gasteiger partial charge on any atom is -0.480 e. The second-order valence-corrected chi connectivity index (χ2v) is 5.20. The van der Waals surface area contributed by atoms with Crippen LogP contribution in [0.4, 0.5) is 10.5 Å². The zero-order valence-electron chi connectivity index (χ0n) is 10.4. The molecule has 0 radical (unpaired) electrons. The van der Waals surface area contributed by atoms with Crippen LogP contribution in [0.1, 0.15) is 6.42 Å². The minimum atomic E-state index is -1.04. The Kier molecular flexibility index (Phi) is 6.52. The van der Waals surface area contributed by atoms with Crippen LogP contribution in [0.5, 0.6) is 0 Å². The number of aliphatic carboxylic acids is 1. The van der Waals surface area contributed by atoms with Gasteiger partial charge in [-0.15, -0.1) is 0 Å². The molecule has 2 amide bonds. The number of halogens is 1. The van der Waals surface area contributed by atoms with Crippen LogP contribution in [-0.4, -0.2) is 35.2 Å². The summed E-state index contributed by atoms with van der Waals surface area (Å²) in [7, 11) is 0. The van der Waals surface area contributed by atoms with Crippen molar-refractivity contribution in [3.8, 4) is 0 Å². The highest BCUT2D eigenvalue weighted by molar-refractivity contribution is 7.98. The molecular formula is C12H15ClN2O3S. The van der Waals surface area contributed by atoms with Gasteiger partial charge in [0.2, 0.25) is 0 Å². The molecular weight excluding hydrogens is 288 g/mol. The van der Waals surface area contributed by atoms with Crippen LogP contribution in [0.2, 0.25) is 5.02 Å². The summed E-state index contributed by atoms with van der Waals surface area (Å²) in [4.78, 5) is 22.6. The van der Waals surface area contributed by atoms with Gasteiger partial charge in [0.05, 0.1) is 0 Å². The van der Waals surface area contributed by atoms with Crippen LogP contribution in [0.25, 0.3) is 0 Å². The summed E-state index contributed by atoms with van der Waals surface area (Å²) in [5, 5.41) is 14.5. The third kappa shape index (κ3) is 5.85. The number of rotatable bonds is 6. The number of carbonyl (C=O) groups is 2. The number of carboxylic acid groups (broad SMARTS) is 1. The van der Waals surface area contributed by atoms with E-state index in [1.54, 1.807) is 24.3 Å². The van der Waals surface area contributed by atoms with Crippen molar-refractivity contribution in [1.29, 1.82) is 0 Å². The smallest absolute Gasteiger partial charge is 0.326 e. The van der Waals surface area contributed by atoms with Crippen LogP contribution in [0.15, 0.2) is 24.3 Å². The van der Waals surface area contributed by atoms with Gasteiger partial charge in [-0.2, -0.15) is 11.8 Å². The number of hydrogen-bond acceptors (Lipinski definition) is 3. The maximum atomic E-state index is 11.7. The topological polar surface area (TPSA) is 78.4 Å². The van der Waals surface area contributed by atoms with Crippen molar-refractivity contribution in [2.45, 2.75) is 12.5 Å². The Morgan fingerprint density at radius 1 is 1.37 bits per heavy atom. The number of hydrogen-bond donors (Lipinski definition) is 3. The number of nitrogens with one attached hydrogen (secondary N) is 2. The molecule has 0 saturated carbocycles. The van der Waals surface area contributed by atoms with E-state index in [0.29, 0.717) is 22.9 Å². The molecule has 3 N–H and O–H groups in total. The Balaban J connectivity index is 2.52. The van der Waals surface area contributed by atoms with Crippen LogP contribution in [0.3, 0.4) is 0 Å². The molecule has 0 fully saturated rings. The van der Waals surface area contributed by atoms with E-state index in [4.69, 9.17) is 16.7 Å². The highest BCUT2D eigenvalue weighted by atomic mass is 35.5. The number of amides is 2. The molecule has 0 spiro atoms. The van der Waals surface area contributed by atoms with Gasteiger partial charge >= 0.3 is 12.0 Å². The number of carbonyl (C=O) groups excluding carboxylic acids is 1. The van der Waals surface area contributed by atoms with Gasteiger partial charge in [0.25, 0.3) is 0 Å². The van der Waals surface area contributed by atoms with Crippen LogP contribution in [0, 0.1) is 0 Å². The Hall–Kier alpha value is -1.40. The standard InChI is InChI=1S/C12H15ClN2O3S/c1-19-7-6-10(11(16)17)15-12(18)14-9-4-2-8(13)3-5-9/h2-5,10H,6-7H2,1H3,(H,16,17)(H2,14,15,18)/t10-/m1/s1. The van der Waals surface area contributed by atoms with E-state index in [0.717, 1.165) is 0 Å². The van der Waals surface area contributed by atoms with Gasteiger partial charge < -0.3 is 15.7 Å².